The zero-order valence-corrected chi connectivity index (χ0v) is 18.5. The van der Waals surface area contributed by atoms with Gasteiger partial charge in [0.25, 0.3) is 0 Å². The van der Waals surface area contributed by atoms with Crippen LogP contribution in [0.5, 0.6) is 0 Å². The molecule has 0 aromatic heterocycles. The zero-order valence-electron chi connectivity index (χ0n) is 17.7. The van der Waals surface area contributed by atoms with Gasteiger partial charge in [0, 0.05) is 0 Å². The summed E-state index contributed by atoms with van der Waals surface area (Å²) in [4.78, 5) is 25.2. The van der Waals surface area contributed by atoms with Gasteiger partial charge in [-0.2, -0.15) is 0 Å². The Hall–Kier alpha value is -2.47. The van der Waals surface area contributed by atoms with Crippen LogP contribution in [0, 0.1) is 0 Å². The summed E-state index contributed by atoms with van der Waals surface area (Å²) in [5, 5.41) is 3.99. The van der Waals surface area contributed by atoms with Gasteiger partial charge in [-0.25, -0.2) is 4.79 Å². The summed E-state index contributed by atoms with van der Waals surface area (Å²) in [5.41, 5.74) is 1.46. The van der Waals surface area contributed by atoms with Crippen molar-refractivity contribution in [2.75, 3.05) is 5.75 Å². The fraction of sp³-hybridized carbons (Fsp3) is 0.304. The van der Waals surface area contributed by atoms with Gasteiger partial charge >= 0.3 is 12.8 Å². The molecule has 0 heterocycles. The second-order valence-corrected chi connectivity index (χ2v) is 8.87. The topological polar surface area (TPSA) is 55.4 Å². The van der Waals surface area contributed by atoms with Crippen LogP contribution in [0.15, 0.2) is 71.3 Å². The summed E-state index contributed by atoms with van der Waals surface area (Å²) < 4.78 is 5.51. The molecule has 0 saturated heterocycles. The highest BCUT2D eigenvalue weighted by Gasteiger charge is 2.29. The number of nitrogens with one attached hydrogen (secondary N) is 1. The SMILES string of the molecule is CCS/C(NB(c1ccccc1)c1ccccc1)=C(\C(C)=O)C(=O)OC(C)(C)C. The summed E-state index contributed by atoms with van der Waals surface area (Å²) >= 11 is 1.43. The van der Waals surface area contributed by atoms with E-state index in [0.717, 1.165) is 10.9 Å². The van der Waals surface area contributed by atoms with Gasteiger partial charge in [-0.05, 0) is 33.4 Å². The monoisotopic (exact) mass is 409 g/mol. The second kappa shape index (κ2) is 10.4. The summed E-state index contributed by atoms with van der Waals surface area (Å²) in [6.07, 6.45) is 0. The lowest BCUT2D eigenvalue weighted by Gasteiger charge is -2.24. The van der Waals surface area contributed by atoms with E-state index < -0.39 is 11.6 Å². The Balaban J connectivity index is 2.53. The summed E-state index contributed by atoms with van der Waals surface area (Å²) in [7, 11) is 0. The first-order valence-electron chi connectivity index (χ1n) is 9.70. The van der Waals surface area contributed by atoms with E-state index in [1.807, 2.05) is 67.6 Å². The van der Waals surface area contributed by atoms with Gasteiger partial charge in [0.2, 0.25) is 0 Å². The number of ether oxygens (including phenoxy) is 1. The number of esters is 1. The molecule has 2 aromatic rings. The Morgan fingerprint density at radius 1 is 0.966 bits per heavy atom. The quantitative estimate of drug-likeness (QED) is 0.239. The normalized spacial score (nSPS) is 12.0. The van der Waals surface area contributed by atoms with Crippen LogP contribution >= 0.6 is 11.8 Å². The molecule has 0 aliphatic rings. The zero-order chi connectivity index (χ0) is 21.4. The highest BCUT2D eigenvalue weighted by molar-refractivity contribution is 8.03. The largest absolute Gasteiger partial charge is 0.456 e. The molecule has 0 unspecified atom stereocenters. The summed E-state index contributed by atoms with van der Waals surface area (Å²) in [6, 6.07) is 19.9. The van der Waals surface area contributed by atoms with Gasteiger partial charge in [0.05, 0.1) is 5.03 Å². The van der Waals surface area contributed by atoms with Crippen molar-refractivity contribution < 1.29 is 14.3 Å². The molecule has 0 amide bonds. The van der Waals surface area contributed by atoms with Gasteiger partial charge in [-0.15, -0.1) is 11.8 Å². The highest BCUT2D eigenvalue weighted by Crippen LogP contribution is 2.21. The molecule has 0 aliphatic carbocycles. The van der Waals surface area contributed by atoms with Gasteiger partial charge in [0.15, 0.2) is 5.78 Å². The van der Waals surface area contributed by atoms with E-state index >= 15 is 0 Å². The fourth-order valence-corrected chi connectivity index (χ4v) is 3.70. The van der Waals surface area contributed by atoms with Crippen LogP contribution in [0.2, 0.25) is 0 Å². The van der Waals surface area contributed by atoms with Crippen molar-refractivity contribution in [3.8, 4) is 0 Å². The van der Waals surface area contributed by atoms with E-state index in [1.165, 1.54) is 18.7 Å². The third-order valence-electron chi connectivity index (χ3n) is 4.01. The molecule has 1 N–H and O–H groups in total. The standard InChI is InChI=1S/C23H28BNO3S/c1-6-29-21(20(17(2)26)22(27)28-23(3,4)5)25-24(18-13-9-7-10-14-18)19-15-11-8-12-16-19/h7-16,25H,6H2,1-5H3/b21-20+. The molecule has 0 spiro atoms. The molecule has 6 heteroatoms. The number of benzene rings is 2. The maximum atomic E-state index is 12.8. The predicted octanol–water partition coefficient (Wildman–Crippen LogP) is 3.28. The van der Waals surface area contributed by atoms with E-state index in [4.69, 9.17) is 4.74 Å². The van der Waals surface area contributed by atoms with E-state index in [0.29, 0.717) is 10.8 Å². The molecule has 0 fully saturated rings. The smallest absolute Gasteiger partial charge is 0.344 e. The predicted molar refractivity (Wildman–Crippen MR) is 123 cm³/mol. The Labute approximate surface area is 178 Å². The van der Waals surface area contributed by atoms with Crippen LogP contribution in [-0.4, -0.2) is 30.0 Å². The molecule has 0 saturated carbocycles. The average Bonchev–Trinajstić information content (AvgIpc) is 2.66. The molecule has 2 rings (SSSR count). The minimum absolute atomic E-state index is 0.0589. The van der Waals surface area contributed by atoms with Crippen molar-refractivity contribution in [2.24, 2.45) is 0 Å². The molecule has 4 nitrogen and oxygen atoms in total. The summed E-state index contributed by atoms with van der Waals surface area (Å²) in [5.74, 6) is -0.214. The highest BCUT2D eigenvalue weighted by atomic mass is 32.2. The van der Waals surface area contributed by atoms with Crippen molar-refractivity contribution in [1.29, 1.82) is 0 Å². The number of hydrogen-bond donors (Lipinski definition) is 1. The molecule has 0 radical (unpaired) electrons. The molecule has 0 bridgehead atoms. The van der Waals surface area contributed by atoms with Crippen LogP contribution in [0.1, 0.15) is 34.6 Å². The average molecular weight is 409 g/mol. The van der Waals surface area contributed by atoms with Crippen LogP contribution in [-0.2, 0) is 14.3 Å². The number of carbonyl (C=O) groups excluding carboxylic acids is 2. The lowest BCUT2D eigenvalue weighted by atomic mass is 9.51. The Morgan fingerprint density at radius 2 is 1.45 bits per heavy atom. The lowest BCUT2D eigenvalue weighted by molar-refractivity contribution is -0.150. The van der Waals surface area contributed by atoms with E-state index in [-0.39, 0.29) is 18.2 Å². The van der Waals surface area contributed by atoms with Gasteiger partial charge < -0.3 is 9.96 Å². The van der Waals surface area contributed by atoms with E-state index in [9.17, 15) is 9.59 Å². The van der Waals surface area contributed by atoms with Crippen molar-refractivity contribution in [3.05, 3.63) is 71.3 Å². The van der Waals surface area contributed by atoms with Crippen molar-refractivity contribution in [1.82, 2.24) is 5.23 Å². The van der Waals surface area contributed by atoms with Crippen LogP contribution < -0.4 is 16.2 Å². The van der Waals surface area contributed by atoms with Crippen molar-refractivity contribution in [3.63, 3.8) is 0 Å². The molecular weight excluding hydrogens is 381 g/mol. The third kappa shape index (κ3) is 6.82. The number of Topliss-reactive ketones (excluding diaryl/α,β-unsaturated/α-hetero) is 1. The van der Waals surface area contributed by atoms with Crippen molar-refractivity contribution in [2.45, 2.75) is 40.2 Å². The first-order chi connectivity index (χ1) is 13.7. The Kier molecular flexibility index (Phi) is 8.15. The van der Waals surface area contributed by atoms with Gasteiger partial charge in [-0.1, -0.05) is 78.5 Å². The van der Waals surface area contributed by atoms with Crippen molar-refractivity contribution >= 4 is 41.3 Å². The number of rotatable bonds is 8. The maximum Gasteiger partial charge on any atom is 0.344 e. The molecule has 2 aromatic carbocycles. The number of hydrogen-bond acceptors (Lipinski definition) is 5. The number of carbonyl (C=O) groups is 2. The number of ketones is 1. The van der Waals surface area contributed by atoms with Crippen LogP contribution in [0.25, 0.3) is 0 Å². The molecule has 152 valence electrons. The minimum atomic E-state index is -0.683. The third-order valence-corrected chi connectivity index (χ3v) is 4.91. The molecular formula is C23H28BNO3S. The number of thioether (sulfide) groups is 1. The first-order valence-corrected chi connectivity index (χ1v) is 10.7. The minimum Gasteiger partial charge on any atom is -0.456 e. The molecule has 0 atom stereocenters. The molecule has 0 aliphatic heterocycles. The second-order valence-electron chi connectivity index (χ2n) is 7.59. The van der Waals surface area contributed by atoms with E-state index in [1.54, 1.807) is 20.8 Å². The Bertz CT molecular complexity index is 821. The van der Waals surface area contributed by atoms with Crippen LogP contribution in [0.4, 0.5) is 0 Å². The molecule has 29 heavy (non-hydrogen) atoms. The van der Waals surface area contributed by atoms with E-state index in [2.05, 4.69) is 5.23 Å². The van der Waals surface area contributed by atoms with Gasteiger partial charge in [-0.3, -0.25) is 4.79 Å². The maximum absolute atomic E-state index is 12.8. The van der Waals surface area contributed by atoms with Gasteiger partial charge in [0.1, 0.15) is 11.2 Å². The first kappa shape index (κ1) is 22.8. The fourth-order valence-electron chi connectivity index (χ4n) is 2.84. The Morgan fingerprint density at radius 3 is 1.83 bits per heavy atom. The lowest BCUT2D eigenvalue weighted by Crippen LogP contribution is -2.53. The van der Waals surface area contributed by atoms with Crippen LogP contribution in [0.3, 0.4) is 0 Å². The summed E-state index contributed by atoms with van der Waals surface area (Å²) in [6.45, 7) is 8.55.